The minimum Gasteiger partial charge on any atom is -0.331 e. The van der Waals surface area contributed by atoms with E-state index < -0.39 is 11.7 Å². The third kappa shape index (κ3) is 1.82. The van der Waals surface area contributed by atoms with Crippen molar-refractivity contribution in [2.75, 3.05) is 6.54 Å². The Morgan fingerprint density at radius 2 is 2.05 bits per heavy atom. The quantitative estimate of drug-likeness (QED) is 0.920. The molecule has 1 saturated carbocycles. The van der Waals surface area contributed by atoms with Crippen molar-refractivity contribution in [2.24, 2.45) is 12.8 Å². The van der Waals surface area contributed by atoms with E-state index in [1.165, 1.54) is 6.07 Å². The van der Waals surface area contributed by atoms with Crippen molar-refractivity contribution in [1.82, 2.24) is 9.55 Å². The molecule has 1 aliphatic rings. The summed E-state index contributed by atoms with van der Waals surface area (Å²) < 4.78 is 40.1. The summed E-state index contributed by atoms with van der Waals surface area (Å²) in [6.45, 7) is 0.482. The lowest BCUT2D eigenvalue weighted by molar-refractivity contribution is -0.137. The van der Waals surface area contributed by atoms with E-state index in [2.05, 4.69) is 4.98 Å². The van der Waals surface area contributed by atoms with Crippen LogP contribution in [0.2, 0.25) is 0 Å². The predicted molar refractivity (Wildman–Crippen MR) is 70.3 cm³/mol. The minimum absolute atomic E-state index is 0.161. The Morgan fingerprint density at radius 1 is 1.35 bits per heavy atom. The number of nitrogens with zero attached hydrogens (tertiary/aromatic N) is 2. The summed E-state index contributed by atoms with van der Waals surface area (Å²) in [6, 6.07) is 3.70. The van der Waals surface area contributed by atoms with Crippen molar-refractivity contribution in [1.29, 1.82) is 0 Å². The van der Waals surface area contributed by atoms with Gasteiger partial charge in [0, 0.05) is 19.0 Å². The summed E-state index contributed by atoms with van der Waals surface area (Å²) in [6.07, 6.45) is -1.35. The van der Waals surface area contributed by atoms with Crippen LogP contribution in [0.4, 0.5) is 13.2 Å². The second kappa shape index (κ2) is 4.22. The van der Waals surface area contributed by atoms with Gasteiger partial charge in [0.2, 0.25) is 0 Å². The molecule has 2 N–H and O–H groups in total. The normalized spacial score (nSPS) is 18.2. The first kappa shape index (κ1) is 13.4. The molecule has 1 aromatic carbocycles. The number of aryl methyl sites for hydroxylation is 1. The Bertz CT molecular complexity index is 648. The zero-order chi connectivity index (χ0) is 14.5. The summed E-state index contributed by atoms with van der Waals surface area (Å²) in [7, 11) is 1.84. The Morgan fingerprint density at radius 3 is 2.55 bits per heavy atom. The van der Waals surface area contributed by atoms with Crippen molar-refractivity contribution in [2.45, 2.75) is 30.9 Å². The maximum atomic E-state index is 12.7. The van der Waals surface area contributed by atoms with Crippen LogP contribution in [0.5, 0.6) is 0 Å². The SMILES string of the molecule is Cn1c(C2(CN)CCC2)nc2cc(C(F)(F)F)ccc21. The van der Waals surface area contributed by atoms with Crippen LogP contribution in [0.1, 0.15) is 30.7 Å². The molecule has 1 aliphatic carbocycles. The van der Waals surface area contributed by atoms with Crippen LogP contribution in [-0.4, -0.2) is 16.1 Å². The molecule has 0 amide bonds. The molecule has 108 valence electrons. The van der Waals surface area contributed by atoms with Crippen LogP contribution >= 0.6 is 0 Å². The van der Waals surface area contributed by atoms with E-state index in [0.29, 0.717) is 17.6 Å². The van der Waals surface area contributed by atoms with Gasteiger partial charge in [-0.1, -0.05) is 6.42 Å². The number of halogens is 3. The van der Waals surface area contributed by atoms with Gasteiger partial charge in [-0.15, -0.1) is 0 Å². The number of fused-ring (bicyclic) bond motifs is 1. The highest BCUT2D eigenvalue weighted by atomic mass is 19.4. The van der Waals surface area contributed by atoms with Crippen molar-refractivity contribution >= 4 is 11.0 Å². The molecule has 0 bridgehead atoms. The topological polar surface area (TPSA) is 43.8 Å². The fraction of sp³-hybridized carbons (Fsp3) is 0.500. The Balaban J connectivity index is 2.15. The maximum Gasteiger partial charge on any atom is 0.416 e. The Hall–Kier alpha value is -1.56. The van der Waals surface area contributed by atoms with Crippen molar-refractivity contribution in [3.63, 3.8) is 0 Å². The molecule has 1 aromatic heterocycles. The molecule has 1 heterocycles. The van der Waals surface area contributed by atoms with Gasteiger partial charge >= 0.3 is 6.18 Å². The molecule has 20 heavy (non-hydrogen) atoms. The first-order valence-corrected chi connectivity index (χ1v) is 6.62. The van der Waals surface area contributed by atoms with Crippen LogP contribution < -0.4 is 5.73 Å². The molecule has 2 aromatic rings. The molecular weight excluding hydrogens is 267 g/mol. The summed E-state index contributed by atoms with van der Waals surface area (Å²) in [5, 5.41) is 0. The molecule has 6 heteroatoms. The number of alkyl halides is 3. The molecule has 3 nitrogen and oxygen atoms in total. The highest BCUT2D eigenvalue weighted by Gasteiger charge is 2.41. The first-order chi connectivity index (χ1) is 9.37. The van der Waals surface area contributed by atoms with E-state index >= 15 is 0 Å². The van der Waals surface area contributed by atoms with E-state index in [-0.39, 0.29) is 5.41 Å². The molecule has 0 saturated heterocycles. The monoisotopic (exact) mass is 283 g/mol. The van der Waals surface area contributed by atoms with Gasteiger partial charge < -0.3 is 10.3 Å². The summed E-state index contributed by atoms with van der Waals surface area (Å²) >= 11 is 0. The number of nitrogens with two attached hydrogens (primary N) is 1. The van der Waals surface area contributed by atoms with Crippen molar-refractivity contribution in [3.8, 4) is 0 Å². The third-order valence-electron chi connectivity index (χ3n) is 4.38. The standard InChI is InChI=1S/C14H16F3N3/c1-20-11-4-3-9(14(15,16)17)7-10(11)19-12(20)13(8-18)5-2-6-13/h3-4,7H,2,5-6,8,18H2,1H3. The van der Waals surface area contributed by atoms with E-state index in [9.17, 15) is 13.2 Å². The van der Waals surface area contributed by atoms with E-state index in [0.717, 1.165) is 37.2 Å². The van der Waals surface area contributed by atoms with Gasteiger partial charge in [0.1, 0.15) is 5.82 Å². The van der Waals surface area contributed by atoms with Gasteiger partial charge in [-0.25, -0.2) is 4.98 Å². The third-order valence-corrected chi connectivity index (χ3v) is 4.38. The van der Waals surface area contributed by atoms with Gasteiger partial charge in [0.05, 0.1) is 16.6 Å². The fourth-order valence-corrected chi connectivity index (χ4v) is 2.97. The number of hydrogen-bond donors (Lipinski definition) is 1. The second-order valence-corrected chi connectivity index (χ2v) is 5.53. The number of imidazole rings is 1. The summed E-state index contributed by atoms with van der Waals surface area (Å²) in [4.78, 5) is 4.43. The van der Waals surface area contributed by atoms with Crippen LogP contribution in [0.25, 0.3) is 11.0 Å². The summed E-state index contributed by atoms with van der Waals surface area (Å²) in [5.74, 6) is 0.806. The molecule has 0 aliphatic heterocycles. The first-order valence-electron chi connectivity index (χ1n) is 6.62. The average Bonchev–Trinajstić information content (AvgIpc) is 2.66. The number of hydrogen-bond acceptors (Lipinski definition) is 2. The van der Waals surface area contributed by atoms with E-state index in [1.54, 1.807) is 0 Å². The van der Waals surface area contributed by atoms with Crippen LogP contribution in [0, 0.1) is 0 Å². The van der Waals surface area contributed by atoms with Gasteiger partial charge in [-0.05, 0) is 31.0 Å². The van der Waals surface area contributed by atoms with E-state index in [1.807, 2.05) is 11.6 Å². The van der Waals surface area contributed by atoms with Gasteiger partial charge in [-0.3, -0.25) is 0 Å². The Labute approximate surface area is 114 Å². The van der Waals surface area contributed by atoms with E-state index in [4.69, 9.17) is 5.73 Å². The predicted octanol–water partition coefficient (Wildman–Crippen LogP) is 2.97. The van der Waals surface area contributed by atoms with Crippen molar-refractivity contribution < 1.29 is 13.2 Å². The minimum atomic E-state index is -4.34. The van der Waals surface area contributed by atoms with Crippen LogP contribution in [0.3, 0.4) is 0 Å². The molecule has 0 spiro atoms. The number of aromatic nitrogens is 2. The van der Waals surface area contributed by atoms with Gasteiger partial charge in [0.25, 0.3) is 0 Å². The second-order valence-electron chi connectivity index (χ2n) is 5.53. The largest absolute Gasteiger partial charge is 0.416 e. The van der Waals surface area contributed by atoms with Gasteiger partial charge in [-0.2, -0.15) is 13.2 Å². The lowest BCUT2D eigenvalue weighted by atomic mass is 9.68. The molecule has 0 atom stereocenters. The smallest absolute Gasteiger partial charge is 0.331 e. The van der Waals surface area contributed by atoms with Crippen molar-refractivity contribution in [3.05, 3.63) is 29.6 Å². The van der Waals surface area contributed by atoms with Crippen LogP contribution in [-0.2, 0) is 18.6 Å². The highest BCUT2D eigenvalue weighted by Crippen LogP contribution is 2.43. The average molecular weight is 283 g/mol. The summed E-state index contributed by atoms with van der Waals surface area (Å²) in [5.41, 5.74) is 6.14. The van der Waals surface area contributed by atoms with Gasteiger partial charge in [0.15, 0.2) is 0 Å². The molecule has 0 unspecified atom stereocenters. The zero-order valence-electron chi connectivity index (χ0n) is 11.2. The highest BCUT2D eigenvalue weighted by molar-refractivity contribution is 5.77. The maximum absolute atomic E-state index is 12.7. The number of benzene rings is 1. The molecular formula is C14H16F3N3. The lowest BCUT2D eigenvalue weighted by Gasteiger charge is -2.40. The fourth-order valence-electron chi connectivity index (χ4n) is 2.97. The molecule has 1 fully saturated rings. The van der Waals surface area contributed by atoms with Crippen LogP contribution in [0.15, 0.2) is 18.2 Å². The lowest BCUT2D eigenvalue weighted by Crippen LogP contribution is -2.43. The Kier molecular flexibility index (Phi) is 2.83. The molecule has 0 radical (unpaired) electrons. The zero-order valence-corrected chi connectivity index (χ0v) is 11.2. The molecule has 3 rings (SSSR count). The number of rotatable bonds is 2.